The Bertz CT molecular complexity index is 802. The van der Waals surface area contributed by atoms with Gasteiger partial charge in [-0.25, -0.2) is 9.69 Å². The molecule has 7 nitrogen and oxygen atoms in total. The Balaban J connectivity index is 2.17. The molecule has 10 heteroatoms. The lowest BCUT2D eigenvalue weighted by molar-refractivity contribution is -0.139. The summed E-state index contributed by atoms with van der Waals surface area (Å²) in [6.45, 7) is 0.123. The number of hydrogen-bond acceptors (Lipinski definition) is 5. The molecule has 2 atom stereocenters. The van der Waals surface area contributed by atoms with Gasteiger partial charge < -0.3 is 14.7 Å². The molecule has 1 aromatic rings. The average Bonchev–Trinajstić information content (AvgIpc) is 3.05. The first-order valence-electron chi connectivity index (χ1n) is 7.23. The monoisotopic (exact) mass is 355 g/mol. The number of carbonyl (C=O) groups excluding carboxylic acids is 2. The number of benzene rings is 1. The number of amides is 3. The van der Waals surface area contributed by atoms with Crippen molar-refractivity contribution < 1.29 is 32.6 Å². The summed E-state index contributed by atoms with van der Waals surface area (Å²) in [4.78, 5) is 26.6. The minimum Gasteiger partial charge on any atom is -0.494 e. The normalized spacial score (nSPS) is 23.0. The number of halogens is 3. The molecule has 132 valence electrons. The van der Waals surface area contributed by atoms with Gasteiger partial charge in [0.2, 0.25) is 0 Å². The predicted octanol–water partition coefficient (Wildman–Crippen LogP) is 1.49. The van der Waals surface area contributed by atoms with Crippen molar-refractivity contribution in [1.82, 2.24) is 4.90 Å². The molecule has 1 aromatic carbocycles. The van der Waals surface area contributed by atoms with Gasteiger partial charge in [-0.2, -0.15) is 18.4 Å². The quantitative estimate of drug-likeness (QED) is 0.811. The lowest BCUT2D eigenvalue weighted by Crippen LogP contribution is -2.36. The second-order valence-corrected chi connectivity index (χ2v) is 5.60. The summed E-state index contributed by atoms with van der Waals surface area (Å²) in [7, 11) is 0.955. The molecular weight excluding hydrogens is 343 g/mol. The molecule has 2 aliphatic heterocycles. The maximum atomic E-state index is 13.4. The number of aliphatic hydroxyl groups is 1. The minimum atomic E-state index is -4.92. The summed E-state index contributed by atoms with van der Waals surface area (Å²) < 4.78 is 44.9. The number of methoxy groups -OCH3 is 1. The highest BCUT2D eigenvalue weighted by atomic mass is 19.4. The Morgan fingerprint density at radius 3 is 2.56 bits per heavy atom. The molecule has 2 aliphatic rings. The molecule has 0 unspecified atom stereocenters. The number of nitriles is 1. The number of ether oxygens (including phenoxy) is 1. The van der Waals surface area contributed by atoms with Crippen LogP contribution in [-0.2, 0) is 11.0 Å². The van der Waals surface area contributed by atoms with E-state index >= 15 is 0 Å². The number of aliphatic hydroxyl groups excluding tert-OH is 1. The van der Waals surface area contributed by atoms with Gasteiger partial charge in [-0.15, -0.1) is 0 Å². The van der Waals surface area contributed by atoms with Crippen LogP contribution < -0.4 is 9.64 Å². The van der Waals surface area contributed by atoms with Gasteiger partial charge in [-0.05, 0) is 18.6 Å². The molecule has 0 aromatic heterocycles. The van der Waals surface area contributed by atoms with Gasteiger partial charge in [0.25, 0.3) is 5.91 Å². The van der Waals surface area contributed by atoms with Crippen molar-refractivity contribution in [3.63, 3.8) is 0 Å². The SMILES string of the molecule is COc1c(N2C(=O)[C@@H]3[C@H](O)CCN3C2=O)ccc(C#N)c1C(F)(F)F. The third kappa shape index (κ3) is 2.39. The van der Waals surface area contributed by atoms with Crippen molar-refractivity contribution in [2.24, 2.45) is 0 Å². The molecule has 2 fully saturated rings. The molecule has 2 saturated heterocycles. The number of hydrogen-bond donors (Lipinski definition) is 1. The number of nitrogens with zero attached hydrogens (tertiary/aromatic N) is 3. The minimum absolute atomic E-state index is 0.123. The maximum absolute atomic E-state index is 13.4. The highest BCUT2D eigenvalue weighted by Gasteiger charge is 2.53. The van der Waals surface area contributed by atoms with E-state index in [0.717, 1.165) is 24.1 Å². The maximum Gasteiger partial charge on any atom is 0.421 e. The van der Waals surface area contributed by atoms with Gasteiger partial charge >= 0.3 is 12.2 Å². The zero-order valence-electron chi connectivity index (χ0n) is 12.9. The van der Waals surface area contributed by atoms with E-state index < -0.39 is 52.8 Å². The lowest BCUT2D eigenvalue weighted by Gasteiger charge is -2.22. The van der Waals surface area contributed by atoms with E-state index in [1.54, 1.807) is 0 Å². The van der Waals surface area contributed by atoms with E-state index in [9.17, 15) is 27.9 Å². The van der Waals surface area contributed by atoms with Crippen LogP contribution in [0.15, 0.2) is 12.1 Å². The summed E-state index contributed by atoms with van der Waals surface area (Å²) in [5.74, 6) is -1.62. The van der Waals surface area contributed by atoms with E-state index in [1.165, 1.54) is 6.07 Å². The van der Waals surface area contributed by atoms with Crippen LogP contribution in [0.5, 0.6) is 5.75 Å². The van der Waals surface area contributed by atoms with E-state index in [4.69, 9.17) is 10.00 Å². The Hall–Kier alpha value is -2.80. The Morgan fingerprint density at radius 2 is 2.04 bits per heavy atom. The first kappa shape index (κ1) is 17.0. The molecule has 0 bridgehead atoms. The second-order valence-electron chi connectivity index (χ2n) is 5.60. The van der Waals surface area contributed by atoms with Crippen molar-refractivity contribution in [3.05, 3.63) is 23.3 Å². The van der Waals surface area contributed by atoms with Gasteiger partial charge in [0, 0.05) is 6.54 Å². The smallest absolute Gasteiger partial charge is 0.421 e. The lowest BCUT2D eigenvalue weighted by atomic mass is 10.0. The van der Waals surface area contributed by atoms with Crippen LogP contribution in [-0.4, -0.2) is 47.7 Å². The number of anilines is 1. The predicted molar refractivity (Wildman–Crippen MR) is 76.7 cm³/mol. The van der Waals surface area contributed by atoms with Crippen LogP contribution in [0.2, 0.25) is 0 Å². The number of fused-ring (bicyclic) bond motifs is 1. The molecule has 25 heavy (non-hydrogen) atoms. The fourth-order valence-corrected chi connectivity index (χ4v) is 3.19. The molecular formula is C15H12F3N3O4. The van der Waals surface area contributed by atoms with Crippen molar-refractivity contribution in [2.45, 2.75) is 24.7 Å². The van der Waals surface area contributed by atoms with Crippen LogP contribution >= 0.6 is 0 Å². The Kier molecular flexibility index (Phi) is 3.84. The third-order valence-corrected chi connectivity index (χ3v) is 4.26. The molecule has 3 rings (SSSR count). The van der Waals surface area contributed by atoms with E-state index in [2.05, 4.69) is 0 Å². The Morgan fingerprint density at radius 1 is 1.36 bits per heavy atom. The first-order valence-corrected chi connectivity index (χ1v) is 7.23. The van der Waals surface area contributed by atoms with Crippen molar-refractivity contribution in [3.8, 4) is 11.8 Å². The number of rotatable bonds is 2. The molecule has 0 saturated carbocycles. The largest absolute Gasteiger partial charge is 0.494 e. The molecule has 2 heterocycles. The summed E-state index contributed by atoms with van der Waals surface area (Å²) in [5, 5.41) is 18.8. The second kappa shape index (κ2) is 5.63. The molecule has 0 aliphatic carbocycles. The zero-order chi connectivity index (χ0) is 18.5. The van der Waals surface area contributed by atoms with Crippen molar-refractivity contribution in [2.75, 3.05) is 18.6 Å². The van der Waals surface area contributed by atoms with E-state index in [-0.39, 0.29) is 13.0 Å². The van der Waals surface area contributed by atoms with Crippen LogP contribution in [0.1, 0.15) is 17.5 Å². The molecule has 0 radical (unpaired) electrons. The first-order chi connectivity index (χ1) is 11.7. The fraction of sp³-hybridized carbons (Fsp3) is 0.400. The highest BCUT2D eigenvalue weighted by molar-refractivity contribution is 6.22. The van der Waals surface area contributed by atoms with E-state index in [1.807, 2.05) is 0 Å². The average molecular weight is 355 g/mol. The van der Waals surface area contributed by atoms with Crippen LogP contribution in [0.4, 0.5) is 23.7 Å². The van der Waals surface area contributed by atoms with Gasteiger partial charge in [-0.1, -0.05) is 0 Å². The Labute approximate surface area is 139 Å². The number of imide groups is 1. The van der Waals surface area contributed by atoms with Gasteiger partial charge in [0.05, 0.1) is 30.5 Å². The number of alkyl halides is 3. The number of carbonyl (C=O) groups is 2. The van der Waals surface area contributed by atoms with Gasteiger partial charge in [0.15, 0.2) is 5.75 Å². The van der Waals surface area contributed by atoms with Crippen LogP contribution in [0.3, 0.4) is 0 Å². The van der Waals surface area contributed by atoms with E-state index in [0.29, 0.717) is 4.90 Å². The van der Waals surface area contributed by atoms with Gasteiger partial charge in [-0.3, -0.25) is 4.79 Å². The summed E-state index contributed by atoms with van der Waals surface area (Å²) in [6, 6.07) is 1.40. The van der Waals surface area contributed by atoms with Gasteiger partial charge in [0.1, 0.15) is 11.6 Å². The third-order valence-electron chi connectivity index (χ3n) is 4.26. The zero-order valence-corrected chi connectivity index (χ0v) is 12.9. The fourth-order valence-electron chi connectivity index (χ4n) is 3.19. The van der Waals surface area contributed by atoms with Crippen molar-refractivity contribution in [1.29, 1.82) is 5.26 Å². The molecule has 1 N–H and O–H groups in total. The summed E-state index contributed by atoms with van der Waals surface area (Å²) in [6.07, 6.45) is -5.78. The van der Waals surface area contributed by atoms with Crippen molar-refractivity contribution >= 4 is 17.6 Å². The van der Waals surface area contributed by atoms with Crippen LogP contribution in [0.25, 0.3) is 0 Å². The number of urea groups is 1. The standard InChI is InChI=1S/C15H12F3N3O4/c1-25-12-8(3-2-7(6-19)10(12)15(16,17)18)21-13(23)11-9(22)4-5-20(11)14(21)24/h2-3,9,11,22H,4-5H2,1H3/t9-,11+/m1/s1. The van der Waals surface area contributed by atoms with Crippen LogP contribution in [0, 0.1) is 11.3 Å². The highest BCUT2D eigenvalue weighted by Crippen LogP contribution is 2.45. The molecule has 3 amide bonds. The molecule has 0 spiro atoms. The topological polar surface area (TPSA) is 93.9 Å². The summed E-state index contributed by atoms with van der Waals surface area (Å²) in [5.41, 5.74) is -2.46. The summed E-state index contributed by atoms with van der Waals surface area (Å²) >= 11 is 0.